The molecule has 2 heterocycles. The van der Waals surface area contributed by atoms with Gasteiger partial charge in [0.2, 0.25) is 0 Å². The van der Waals surface area contributed by atoms with Gasteiger partial charge in [-0.2, -0.15) is 0 Å². The van der Waals surface area contributed by atoms with E-state index in [0.29, 0.717) is 19.0 Å². The summed E-state index contributed by atoms with van der Waals surface area (Å²) in [5, 5.41) is 0. The Hall–Kier alpha value is -1.92. The molecule has 1 aliphatic heterocycles. The molecule has 0 radical (unpaired) electrons. The van der Waals surface area contributed by atoms with Gasteiger partial charge in [0.15, 0.2) is 11.6 Å². The van der Waals surface area contributed by atoms with Crippen molar-refractivity contribution < 1.29 is 13.9 Å². The molecule has 0 bridgehead atoms. The molecule has 6 heteroatoms. The highest BCUT2D eigenvalue weighted by molar-refractivity contribution is 5.23. The fourth-order valence-corrected chi connectivity index (χ4v) is 2.77. The molecule has 1 N–H and O–H groups in total. The summed E-state index contributed by atoms with van der Waals surface area (Å²) in [5.74, 6) is 0.938. The Labute approximate surface area is 135 Å². The Kier molecular flexibility index (Phi) is 5.25. The summed E-state index contributed by atoms with van der Waals surface area (Å²) in [6.45, 7) is 5.58. The Morgan fingerprint density at radius 2 is 2.30 bits per heavy atom. The Morgan fingerprint density at radius 1 is 1.43 bits per heavy atom. The van der Waals surface area contributed by atoms with Gasteiger partial charge in [-0.25, -0.2) is 9.37 Å². The van der Waals surface area contributed by atoms with Crippen molar-refractivity contribution in [3.8, 4) is 5.75 Å². The van der Waals surface area contributed by atoms with Crippen LogP contribution in [0.1, 0.15) is 24.0 Å². The van der Waals surface area contributed by atoms with Crippen LogP contribution in [0.25, 0.3) is 0 Å². The smallest absolute Gasteiger partial charge is 0.165 e. The molecule has 1 atom stereocenters. The lowest BCUT2D eigenvalue weighted by Gasteiger charge is -2.34. The average molecular weight is 319 g/mol. The highest BCUT2D eigenvalue weighted by atomic mass is 19.1. The van der Waals surface area contributed by atoms with E-state index >= 15 is 0 Å². The molecule has 1 aromatic carbocycles. The van der Waals surface area contributed by atoms with Crippen molar-refractivity contribution in [3.63, 3.8) is 0 Å². The van der Waals surface area contributed by atoms with E-state index in [4.69, 9.17) is 9.47 Å². The number of benzene rings is 1. The lowest BCUT2D eigenvalue weighted by molar-refractivity contribution is -0.0131. The van der Waals surface area contributed by atoms with Crippen LogP contribution in [0.4, 0.5) is 4.39 Å². The van der Waals surface area contributed by atoms with Crippen LogP contribution in [0.5, 0.6) is 5.75 Å². The molecule has 1 aromatic heterocycles. The molecule has 23 heavy (non-hydrogen) atoms. The Bertz CT molecular complexity index is 632. The average Bonchev–Trinajstić information content (AvgIpc) is 3.00. The zero-order chi connectivity index (χ0) is 16.1. The van der Waals surface area contributed by atoms with E-state index in [0.717, 1.165) is 37.6 Å². The maximum absolute atomic E-state index is 13.5. The zero-order valence-corrected chi connectivity index (χ0v) is 13.3. The van der Waals surface area contributed by atoms with E-state index < -0.39 is 0 Å². The van der Waals surface area contributed by atoms with Crippen LogP contribution in [0, 0.1) is 12.7 Å². The first-order valence-corrected chi connectivity index (χ1v) is 7.94. The van der Waals surface area contributed by atoms with E-state index in [1.54, 1.807) is 18.2 Å². The molecule has 0 saturated carbocycles. The number of aromatic amines is 1. The standard InChI is InChI=1S/C17H22FN3O2/c1-13-11-19-17(20-13)15-12-22-10-8-21(15)7-4-9-23-16-6-3-2-5-14(16)18/h2-3,5-6,11,15H,4,7-10,12H2,1H3,(H,19,20)/t15-/m1/s1. The summed E-state index contributed by atoms with van der Waals surface area (Å²) in [6.07, 6.45) is 2.66. The molecule has 1 fully saturated rings. The molecule has 0 spiro atoms. The van der Waals surface area contributed by atoms with Crippen LogP contribution < -0.4 is 4.74 Å². The van der Waals surface area contributed by atoms with Gasteiger partial charge in [-0.1, -0.05) is 12.1 Å². The van der Waals surface area contributed by atoms with Gasteiger partial charge in [-0.05, 0) is 25.5 Å². The molecule has 0 amide bonds. The number of H-pyrrole nitrogens is 1. The lowest BCUT2D eigenvalue weighted by atomic mass is 10.2. The summed E-state index contributed by atoms with van der Waals surface area (Å²) >= 11 is 0. The van der Waals surface area contributed by atoms with Crippen molar-refractivity contribution in [3.05, 3.63) is 47.8 Å². The Morgan fingerprint density at radius 3 is 3.09 bits per heavy atom. The maximum atomic E-state index is 13.5. The summed E-state index contributed by atoms with van der Waals surface area (Å²) in [5.41, 5.74) is 1.05. The second kappa shape index (κ2) is 7.57. The molecule has 2 aromatic rings. The molecule has 3 rings (SSSR count). The fourth-order valence-electron chi connectivity index (χ4n) is 2.77. The maximum Gasteiger partial charge on any atom is 0.165 e. The number of halogens is 1. The van der Waals surface area contributed by atoms with Crippen molar-refractivity contribution in [1.82, 2.24) is 14.9 Å². The van der Waals surface area contributed by atoms with Crippen molar-refractivity contribution in [2.75, 3.05) is 32.9 Å². The Balaban J connectivity index is 1.51. The number of aromatic nitrogens is 2. The minimum absolute atomic E-state index is 0.144. The first-order chi connectivity index (χ1) is 11.2. The molecule has 1 aliphatic rings. The minimum atomic E-state index is -0.317. The summed E-state index contributed by atoms with van der Waals surface area (Å²) in [4.78, 5) is 10.0. The van der Waals surface area contributed by atoms with Gasteiger partial charge in [0.05, 0.1) is 25.9 Å². The highest BCUT2D eigenvalue weighted by Gasteiger charge is 2.26. The van der Waals surface area contributed by atoms with Crippen LogP contribution in [-0.4, -0.2) is 47.8 Å². The molecule has 5 nitrogen and oxygen atoms in total. The highest BCUT2D eigenvalue weighted by Crippen LogP contribution is 2.22. The van der Waals surface area contributed by atoms with Crippen molar-refractivity contribution in [1.29, 1.82) is 0 Å². The fraction of sp³-hybridized carbons (Fsp3) is 0.471. The topological polar surface area (TPSA) is 50.4 Å². The predicted octanol–water partition coefficient (Wildman–Crippen LogP) is 2.70. The number of hydrogen-bond acceptors (Lipinski definition) is 4. The van der Waals surface area contributed by atoms with E-state index in [9.17, 15) is 4.39 Å². The molecular weight excluding hydrogens is 297 g/mol. The van der Waals surface area contributed by atoms with E-state index in [2.05, 4.69) is 14.9 Å². The van der Waals surface area contributed by atoms with Gasteiger partial charge in [0.1, 0.15) is 5.82 Å². The number of morpholine rings is 1. The summed E-state index contributed by atoms with van der Waals surface area (Å²) in [6, 6.07) is 6.64. The normalized spacial score (nSPS) is 19.0. The number of nitrogens with zero attached hydrogens (tertiary/aromatic N) is 2. The second-order valence-corrected chi connectivity index (χ2v) is 5.71. The molecular formula is C17H22FN3O2. The minimum Gasteiger partial charge on any atom is -0.490 e. The predicted molar refractivity (Wildman–Crippen MR) is 85.0 cm³/mol. The number of rotatable bonds is 6. The van der Waals surface area contributed by atoms with Gasteiger partial charge in [-0.3, -0.25) is 4.90 Å². The zero-order valence-electron chi connectivity index (χ0n) is 13.3. The van der Waals surface area contributed by atoms with Crippen molar-refractivity contribution >= 4 is 0 Å². The van der Waals surface area contributed by atoms with Crippen molar-refractivity contribution in [2.24, 2.45) is 0 Å². The van der Waals surface area contributed by atoms with E-state index in [1.165, 1.54) is 6.07 Å². The number of ether oxygens (including phenoxy) is 2. The third kappa shape index (κ3) is 4.09. The quantitative estimate of drug-likeness (QED) is 0.832. The molecule has 0 aliphatic carbocycles. The van der Waals surface area contributed by atoms with Crippen LogP contribution in [0.3, 0.4) is 0 Å². The summed E-state index contributed by atoms with van der Waals surface area (Å²) in [7, 11) is 0. The van der Waals surface area contributed by atoms with E-state index in [-0.39, 0.29) is 11.9 Å². The number of hydrogen-bond donors (Lipinski definition) is 1. The first-order valence-electron chi connectivity index (χ1n) is 7.94. The SMILES string of the molecule is Cc1cnc([C@H]2COCCN2CCCOc2ccccc2F)[nH]1. The van der Waals surface area contributed by atoms with Crippen LogP contribution >= 0.6 is 0 Å². The second-order valence-electron chi connectivity index (χ2n) is 5.71. The third-order valence-corrected chi connectivity index (χ3v) is 3.96. The monoisotopic (exact) mass is 319 g/mol. The van der Waals surface area contributed by atoms with Gasteiger partial charge in [-0.15, -0.1) is 0 Å². The number of nitrogens with one attached hydrogen (secondary N) is 1. The first kappa shape index (κ1) is 16.0. The molecule has 0 unspecified atom stereocenters. The van der Waals surface area contributed by atoms with Gasteiger partial charge < -0.3 is 14.5 Å². The molecule has 1 saturated heterocycles. The molecule has 124 valence electrons. The van der Waals surface area contributed by atoms with Gasteiger partial charge in [0.25, 0.3) is 0 Å². The number of para-hydroxylation sites is 1. The number of imidazole rings is 1. The lowest BCUT2D eigenvalue weighted by Crippen LogP contribution is -2.40. The summed E-state index contributed by atoms with van der Waals surface area (Å²) < 4.78 is 24.6. The van der Waals surface area contributed by atoms with Crippen molar-refractivity contribution in [2.45, 2.75) is 19.4 Å². The van der Waals surface area contributed by atoms with Gasteiger partial charge >= 0.3 is 0 Å². The van der Waals surface area contributed by atoms with Crippen LogP contribution in [0.2, 0.25) is 0 Å². The van der Waals surface area contributed by atoms with Crippen LogP contribution in [-0.2, 0) is 4.74 Å². The van der Waals surface area contributed by atoms with E-state index in [1.807, 2.05) is 13.1 Å². The largest absolute Gasteiger partial charge is 0.490 e. The van der Waals surface area contributed by atoms with Crippen LogP contribution in [0.15, 0.2) is 30.5 Å². The third-order valence-electron chi connectivity index (χ3n) is 3.96. The van der Waals surface area contributed by atoms with Gasteiger partial charge in [0, 0.05) is 25.0 Å². The number of aryl methyl sites for hydroxylation is 1.